The summed E-state index contributed by atoms with van der Waals surface area (Å²) in [7, 11) is 3.23. The van der Waals surface area contributed by atoms with Crippen LogP contribution < -0.4 is 15.0 Å². The number of benzene rings is 3. The summed E-state index contributed by atoms with van der Waals surface area (Å²) < 4.78 is 14.0. The Hall–Kier alpha value is -4.92. The molecule has 9 heteroatoms. The summed E-state index contributed by atoms with van der Waals surface area (Å²) in [6.07, 6.45) is 3.35. The molecule has 2 aromatic heterocycles. The first kappa shape index (κ1) is 23.8. The van der Waals surface area contributed by atoms with Crippen molar-refractivity contribution in [3.8, 4) is 28.4 Å². The smallest absolute Gasteiger partial charge is 0.280 e. The maximum absolute atomic E-state index is 13.7. The lowest BCUT2D eigenvalue weighted by atomic mass is 10.0. The molecule has 186 valence electrons. The molecule has 0 aliphatic rings. The summed E-state index contributed by atoms with van der Waals surface area (Å²) in [5.74, 6) is 1.45. The monoisotopic (exact) mass is 494 g/mol. The van der Waals surface area contributed by atoms with Crippen LogP contribution in [0.1, 0.15) is 18.1 Å². The number of nitrogens with one attached hydrogen (secondary N) is 1. The fourth-order valence-electron chi connectivity index (χ4n) is 4.09. The molecule has 0 fully saturated rings. The lowest BCUT2D eigenvalue weighted by Gasteiger charge is -2.06. The zero-order chi connectivity index (χ0) is 25.8. The zero-order valence-electron chi connectivity index (χ0n) is 20.8. The van der Waals surface area contributed by atoms with Crippen LogP contribution >= 0.6 is 0 Å². The van der Waals surface area contributed by atoms with E-state index in [0.717, 1.165) is 22.6 Å². The SMILES string of the molecule is COc1ccc(-c2[nH]n(-c3ccc(OC)cc3)c(=O)c2C(C)=Nc2ccc(Cn3cnnc3)cc2)cc1. The third kappa shape index (κ3) is 5.06. The quantitative estimate of drug-likeness (QED) is 0.317. The van der Waals surface area contributed by atoms with E-state index in [4.69, 9.17) is 14.5 Å². The molecule has 0 radical (unpaired) electrons. The third-order valence-electron chi connectivity index (χ3n) is 6.03. The maximum Gasteiger partial charge on any atom is 0.280 e. The van der Waals surface area contributed by atoms with E-state index in [9.17, 15) is 4.79 Å². The highest BCUT2D eigenvalue weighted by molar-refractivity contribution is 6.04. The van der Waals surface area contributed by atoms with Gasteiger partial charge in [0.2, 0.25) is 0 Å². The Morgan fingerprint density at radius 3 is 2.05 bits per heavy atom. The number of aromatic amines is 1. The first-order chi connectivity index (χ1) is 18.1. The van der Waals surface area contributed by atoms with E-state index in [1.54, 1.807) is 26.9 Å². The summed E-state index contributed by atoms with van der Waals surface area (Å²) >= 11 is 0. The van der Waals surface area contributed by atoms with Gasteiger partial charge in [0.25, 0.3) is 5.56 Å². The Morgan fingerprint density at radius 1 is 0.865 bits per heavy atom. The van der Waals surface area contributed by atoms with Crippen molar-refractivity contribution in [2.24, 2.45) is 4.99 Å². The highest BCUT2D eigenvalue weighted by atomic mass is 16.5. The molecule has 0 saturated carbocycles. The number of hydrogen-bond acceptors (Lipinski definition) is 6. The lowest BCUT2D eigenvalue weighted by molar-refractivity contribution is 0.414. The normalized spacial score (nSPS) is 11.5. The van der Waals surface area contributed by atoms with Gasteiger partial charge in [-0.2, -0.15) is 0 Å². The van der Waals surface area contributed by atoms with Crippen molar-refractivity contribution in [3.63, 3.8) is 0 Å². The van der Waals surface area contributed by atoms with Gasteiger partial charge < -0.3 is 14.0 Å². The molecule has 0 unspecified atom stereocenters. The Kier molecular flexibility index (Phi) is 6.67. The van der Waals surface area contributed by atoms with E-state index in [0.29, 0.717) is 35.0 Å². The molecule has 2 heterocycles. The second-order valence-electron chi connectivity index (χ2n) is 8.43. The van der Waals surface area contributed by atoms with E-state index in [2.05, 4.69) is 15.3 Å². The predicted molar refractivity (Wildman–Crippen MR) is 142 cm³/mol. The van der Waals surface area contributed by atoms with Crippen molar-refractivity contribution < 1.29 is 9.47 Å². The highest BCUT2D eigenvalue weighted by Gasteiger charge is 2.19. The number of nitrogens with zero attached hydrogens (tertiary/aromatic N) is 5. The van der Waals surface area contributed by atoms with Crippen LogP contribution in [0.5, 0.6) is 11.5 Å². The average molecular weight is 495 g/mol. The molecule has 1 N–H and O–H groups in total. The summed E-state index contributed by atoms with van der Waals surface area (Å²) in [5, 5.41) is 11.0. The van der Waals surface area contributed by atoms with Crippen LogP contribution in [-0.2, 0) is 6.54 Å². The molecule has 0 amide bonds. The fraction of sp³-hybridized carbons (Fsp3) is 0.143. The minimum atomic E-state index is -0.193. The molecule has 0 saturated heterocycles. The number of aliphatic imine (C=N–C) groups is 1. The predicted octanol–water partition coefficient (Wildman–Crippen LogP) is 4.63. The van der Waals surface area contributed by atoms with Crippen LogP contribution in [0.25, 0.3) is 16.9 Å². The second-order valence-corrected chi connectivity index (χ2v) is 8.43. The van der Waals surface area contributed by atoms with Crippen LogP contribution in [0.4, 0.5) is 5.69 Å². The first-order valence-electron chi connectivity index (χ1n) is 11.7. The van der Waals surface area contributed by atoms with Crippen molar-refractivity contribution in [1.82, 2.24) is 24.5 Å². The summed E-state index contributed by atoms with van der Waals surface area (Å²) in [5.41, 5.74) is 4.97. The van der Waals surface area contributed by atoms with Crippen molar-refractivity contribution in [2.45, 2.75) is 13.5 Å². The molecule has 0 aliphatic carbocycles. The Bertz CT molecular complexity index is 1560. The maximum atomic E-state index is 13.7. The number of H-pyrrole nitrogens is 1. The molecule has 5 rings (SSSR count). The molecule has 5 aromatic rings. The van der Waals surface area contributed by atoms with Crippen molar-refractivity contribution >= 4 is 11.4 Å². The molecular formula is C28H26N6O3. The number of methoxy groups -OCH3 is 2. The van der Waals surface area contributed by atoms with Crippen LogP contribution in [0.2, 0.25) is 0 Å². The number of aromatic nitrogens is 5. The van der Waals surface area contributed by atoms with Crippen molar-refractivity contribution in [3.05, 3.63) is 107 Å². The average Bonchev–Trinajstić information content (AvgIpc) is 3.57. The topological polar surface area (TPSA) is 99.3 Å². The standard InChI is InChI=1S/C28H26N6O3/c1-19(31-22-8-4-20(5-9-22)16-33-17-29-30-18-33)26-27(21-6-12-24(36-2)13-7-21)32-34(28(26)35)23-10-14-25(37-3)15-11-23/h4-15,17-18,32H,16H2,1-3H3. The number of ether oxygens (including phenoxy) is 2. The Morgan fingerprint density at radius 2 is 1.46 bits per heavy atom. The minimum absolute atomic E-state index is 0.193. The largest absolute Gasteiger partial charge is 0.497 e. The van der Waals surface area contributed by atoms with E-state index in [1.165, 1.54) is 4.68 Å². The summed E-state index contributed by atoms with van der Waals surface area (Å²) in [6.45, 7) is 2.52. The molecular weight excluding hydrogens is 468 g/mol. The lowest BCUT2D eigenvalue weighted by Crippen LogP contribution is -2.19. The van der Waals surface area contributed by atoms with Gasteiger partial charge in [-0.15, -0.1) is 10.2 Å². The van der Waals surface area contributed by atoms with Crippen LogP contribution in [-0.4, -0.2) is 44.5 Å². The number of hydrogen-bond donors (Lipinski definition) is 1. The van der Waals surface area contributed by atoms with E-state index >= 15 is 0 Å². The van der Waals surface area contributed by atoms with Crippen LogP contribution in [0.15, 0.2) is 95.2 Å². The minimum Gasteiger partial charge on any atom is -0.497 e. The van der Waals surface area contributed by atoms with Crippen molar-refractivity contribution in [2.75, 3.05) is 14.2 Å². The zero-order valence-corrected chi connectivity index (χ0v) is 20.8. The van der Waals surface area contributed by atoms with Gasteiger partial charge in [-0.25, -0.2) is 4.68 Å². The molecule has 0 aliphatic heterocycles. The highest BCUT2D eigenvalue weighted by Crippen LogP contribution is 2.26. The molecule has 37 heavy (non-hydrogen) atoms. The summed E-state index contributed by atoms with van der Waals surface area (Å²) in [4.78, 5) is 18.5. The molecule has 0 atom stereocenters. The van der Waals surface area contributed by atoms with E-state index in [1.807, 2.05) is 84.3 Å². The molecule has 0 spiro atoms. The van der Waals surface area contributed by atoms with Gasteiger partial charge in [0.1, 0.15) is 24.2 Å². The Balaban J connectivity index is 1.54. The van der Waals surface area contributed by atoms with Gasteiger partial charge >= 0.3 is 0 Å². The van der Waals surface area contributed by atoms with Gasteiger partial charge in [0.15, 0.2) is 0 Å². The van der Waals surface area contributed by atoms with Crippen LogP contribution in [0, 0.1) is 0 Å². The van der Waals surface area contributed by atoms with E-state index < -0.39 is 0 Å². The Labute approximate surface area is 213 Å². The first-order valence-corrected chi connectivity index (χ1v) is 11.7. The van der Waals surface area contributed by atoms with Gasteiger partial charge in [0, 0.05) is 12.1 Å². The van der Waals surface area contributed by atoms with Gasteiger partial charge in [-0.05, 0) is 73.2 Å². The third-order valence-corrected chi connectivity index (χ3v) is 6.03. The number of rotatable bonds is 8. The van der Waals surface area contributed by atoms with Crippen LogP contribution in [0.3, 0.4) is 0 Å². The molecule has 0 bridgehead atoms. The van der Waals surface area contributed by atoms with Crippen molar-refractivity contribution in [1.29, 1.82) is 0 Å². The summed E-state index contributed by atoms with van der Waals surface area (Å²) in [6, 6.07) is 22.7. The molecule has 3 aromatic carbocycles. The van der Waals surface area contributed by atoms with Gasteiger partial charge in [-0.3, -0.25) is 14.9 Å². The van der Waals surface area contributed by atoms with E-state index in [-0.39, 0.29) is 5.56 Å². The molecule has 9 nitrogen and oxygen atoms in total. The van der Waals surface area contributed by atoms with Gasteiger partial charge in [-0.1, -0.05) is 12.1 Å². The van der Waals surface area contributed by atoms with Gasteiger partial charge in [0.05, 0.1) is 42.6 Å². The fourth-order valence-corrected chi connectivity index (χ4v) is 4.09. The second kappa shape index (κ2) is 10.4.